The topological polar surface area (TPSA) is 52.6 Å². The zero-order valence-electron chi connectivity index (χ0n) is 9.68. The van der Waals surface area contributed by atoms with E-state index in [0.29, 0.717) is 25.9 Å². The number of hydrogen-bond acceptors (Lipinski definition) is 3. The van der Waals surface area contributed by atoms with E-state index in [2.05, 4.69) is 4.90 Å². The molecule has 0 aromatic heterocycles. The van der Waals surface area contributed by atoms with Crippen molar-refractivity contribution in [1.82, 2.24) is 10.2 Å². The molecule has 0 radical (unpaired) electrons. The van der Waals surface area contributed by atoms with Crippen LogP contribution in [0.25, 0.3) is 0 Å². The molecule has 0 bridgehead atoms. The van der Waals surface area contributed by atoms with E-state index in [1.54, 1.807) is 5.32 Å². The number of aliphatic hydroxyl groups is 1. The van der Waals surface area contributed by atoms with Gasteiger partial charge in [-0.25, -0.2) is 0 Å². The summed E-state index contributed by atoms with van der Waals surface area (Å²) >= 11 is 0. The van der Waals surface area contributed by atoms with Crippen LogP contribution in [-0.2, 0) is 4.79 Å². The standard InChI is InChI=1S/C10H17F3N2O2/c1-2-15-5-3-9(17,4-6-15)7-14-8(16)10(11,12)13/h17H,2-7H2,1H3,(H,14,16). The minimum atomic E-state index is -4.89. The number of carbonyl (C=O) groups excluding carboxylic acids is 1. The fraction of sp³-hybridized carbons (Fsp3) is 0.900. The van der Waals surface area contributed by atoms with Gasteiger partial charge in [0.15, 0.2) is 0 Å². The highest BCUT2D eigenvalue weighted by Gasteiger charge is 2.40. The highest BCUT2D eigenvalue weighted by molar-refractivity contribution is 5.81. The highest BCUT2D eigenvalue weighted by atomic mass is 19.4. The number of nitrogens with one attached hydrogen (secondary N) is 1. The van der Waals surface area contributed by atoms with Crippen molar-refractivity contribution in [2.24, 2.45) is 0 Å². The summed E-state index contributed by atoms with van der Waals surface area (Å²) in [5, 5.41) is 11.7. The van der Waals surface area contributed by atoms with Crippen molar-refractivity contribution < 1.29 is 23.1 Å². The molecule has 1 amide bonds. The summed E-state index contributed by atoms with van der Waals surface area (Å²) in [5.74, 6) is -2.00. The molecule has 1 aliphatic heterocycles. The van der Waals surface area contributed by atoms with Crippen molar-refractivity contribution in [3.05, 3.63) is 0 Å². The van der Waals surface area contributed by atoms with Crippen LogP contribution in [0.15, 0.2) is 0 Å². The first-order valence-electron chi connectivity index (χ1n) is 5.56. The summed E-state index contributed by atoms with van der Waals surface area (Å²) in [6, 6.07) is 0. The van der Waals surface area contributed by atoms with Gasteiger partial charge in [-0.05, 0) is 19.4 Å². The van der Waals surface area contributed by atoms with Gasteiger partial charge in [-0.15, -0.1) is 0 Å². The van der Waals surface area contributed by atoms with Gasteiger partial charge in [-0.3, -0.25) is 4.79 Å². The van der Waals surface area contributed by atoms with Crippen LogP contribution in [0, 0.1) is 0 Å². The second-order valence-electron chi connectivity index (χ2n) is 4.34. The normalized spacial score (nSPS) is 21.2. The Hall–Kier alpha value is -0.820. The molecule has 0 aromatic carbocycles. The average Bonchev–Trinajstić information content (AvgIpc) is 2.26. The fourth-order valence-corrected chi connectivity index (χ4v) is 1.81. The Morgan fingerprint density at radius 3 is 2.35 bits per heavy atom. The second kappa shape index (κ2) is 5.22. The zero-order chi connectivity index (χ0) is 13.1. The molecule has 0 aliphatic carbocycles. The summed E-state index contributed by atoms with van der Waals surface area (Å²) in [5.41, 5.74) is -1.22. The second-order valence-corrected chi connectivity index (χ2v) is 4.34. The number of carbonyl (C=O) groups is 1. The number of likely N-dealkylation sites (tertiary alicyclic amines) is 1. The van der Waals surface area contributed by atoms with Gasteiger partial charge in [-0.1, -0.05) is 6.92 Å². The number of rotatable bonds is 3. The third-order valence-corrected chi connectivity index (χ3v) is 3.07. The predicted octanol–water partition coefficient (Wildman–Crippen LogP) is 0.512. The SMILES string of the molecule is CCN1CCC(O)(CNC(=O)C(F)(F)F)CC1. The molecule has 0 unspecified atom stereocenters. The summed E-state index contributed by atoms with van der Waals surface area (Å²) in [6.07, 6.45) is -4.14. The van der Waals surface area contributed by atoms with Crippen molar-refractivity contribution in [2.45, 2.75) is 31.5 Å². The molecule has 0 atom stereocenters. The molecule has 100 valence electrons. The number of nitrogens with zero attached hydrogens (tertiary/aromatic N) is 1. The lowest BCUT2D eigenvalue weighted by atomic mass is 9.91. The minimum Gasteiger partial charge on any atom is -0.388 e. The molecule has 4 nitrogen and oxygen atoms in total. The number of halogens is 3. The van der Waals surface area contributed by atoms with Crippen molar-refractivity contribution >= 4 is 5.91 Å². The predicted molar refractivity (Wildman–Crippen MR) is 55.4 cm³/mol. The van der Waals surface area contributed by atoms with E-state index in [1.165, 1.54) is 0 Å². The lowest BCUT2D eigenvalue weighted by Crippen LogP contribution is -2.52. The fourth-order valence-electron chi connectivity index (χ4n) is 1.81. The van der Waals surface area contributed by atoms with Crippen molar-refractivity contribution in [3.8, 4) is 0 Å². The third-order valence-electron chi connectivity index (χ3n) is 3.07. The zero-order valence-corrected chi connectivity index (χ0v) is 9.68. The van der Waals surface area contributed by atoms with E-state index < -0.39 is 17.7 Å². The minimum absolute atomic E-state index is 0.344. The lowest BCUT2D eigenvalue weighted by Gasteiger charge is -2.37. The monoisotopic (exact) mass is 254 g/mol. The van der Waals surface area contributed by atoms with E-state index in [1.807, 2.05) is 6.92 Å². The number of hydrogen-bond donors (Lipinski definition) is 2. The molecule has 0 spiro atoms. The van der Waals surface area contributed by atoms with Crippen LogP contribution in [-0.4, -0.2) is 53.9 Å². The summed E-state index contributed by atoms with van der Waals surface area (Å²) < 4.78 is 35.8. The van der Waals surface area contributed by atoms with Crippen LogP contribution >= 0.6 is 0 Å². The van der Waals surface area contributed by atoms with Gasteiger partial charge >= 0.3 is 12.1 Å². The maximum atomic E-state index is 11.9. The number of piperidine rings is 1. The molecule has 0 saturated carbocycles. The third kappa shape index (κ3) is 4.16. The van der Waals surface area contributed by atoms with Crippen LogP contribution in [0.1, 0.15) is 19.8 Å². The molecule has 2 N–H and O–H groups in total. The van der Waals surface area contributed by atoms with E-state index in [9.17, 15) is 23.1 Å². The Morgan fingerprint density at radius 1 is 1.41 bits per heavy atom. The van der Waals surface area contributed by atoms with Crippen molar-refractivity contribution in [3.63, 3.8) is 0 Å². The number of amides is 1. The Bertz CT molecular complexity index is 273. The van der Waals surface area contributed by atoms with Gasteiger partial charge < -0.3 is 15.3 Å². The molecular formula is C10H17F3N2O2. The lowest BCUT2D eigenvalue weighted by molar-refractivity contribution is -0.174. The van der Waals surface area contributed by atoms with Gasteiger partial charge in [-0.2, -0.15) is 13.2 Å². The molecular weight excluding hydrogens is 237 g/mol. The van der Waals surface area contributed by atoms with Gasteiger partial charge in [0.1, 0.15) is 0 Å². The van der Waals surface area contributed by atoms with Gasteiger partial charge in [0.2, 0.25) is 0 Å². The van der Waals surface area contributed by atoms with Gasteiger partial charge in [0.05, 0.1) is 5.60 Å². The summed E-state index contributed by atoms with van der Waals surface area (Å²) in [6.45, 7) is 3.76. The molecule has 17 heavy (non-hydrogen) atoms. The van der Waals surface area contributed by atoms with Crippen LogP contribution in [0.4, 0.5) is 13.2 Å². The van der Waals surface area contributed by atoms with Crippen LogP contribution in [0.5, 0.6) is 0 Å². The maximum Gasteiger partial charge on any atom is 0.471 e. The average molecular weight is 254 g/mol. The van der Waals surface area contributed by atoms with Crippen LogP contribution in [0.2, 0.25) is 0 Å². The first-order valence-corrected chi connectivity index (χ1v) is 5.56. The maximum absolute atomic E-state index is 11.9. The Balaban J connectivity index is 2.39. The summed E-state index contributed by atoms with van der Waals surface area (Å²) in [4.78, 5) is 12.7. The molecule has 1 saturated heterocycles. The largest absolute Gasteiger partial charge is 0.471 e. The number of alkyl halides is 3. The molecule has 0 aromatic rings. The van der Waals surface area contributed by atoms with Crippen LogP contribution in [0.3, 0.4) is 0 Å². The van der Waals surface area contributed by atoms with Gasteiger partial charge in [0, 0.05) is 19.6 Å². The van der Waals surface area contributed by atoms with E-state index in [0.717, 1.165) is 6.54 Å². The Labute approximate surface area is 97.8 Å². The molecule has 1 fully saturated rings. The van der Waals surface area contributed by atoms with E-state index in [-0.39, 0.29) is 6.54 Å². The molecule has 1 heterocycles. The van der Waals surface area contributed by atoms with E-state index in [4.69, 9.17) is 0 Å². The first-order chi connectivity index (χ1) is 7.77. The molecule has 1 rings (SSSR count). The highest BCUT2D eigenvalue weighted by Crippen LogP contribution is 2.22. The smallest absolute Gasteiger partial charge is 0.388 e. The molecule has 1 aliphatic rings. The Morgan fingerprint density at radius 2 is 1.94 bits per heavy atom. The first kappa shape index (κ1) is 14.2. The quantitative estimate of drug-likeness (QED) is 0.771. The summed E-state index contributed by atoms with van der Waals surface area (Å²) in [7, 11) is 0. The van der Waals surface area contributed by atoms with Crippen molar-refractivity contribution in [1.29, 1.82) is 0 Å². The van der Waals surface area contributed by atoms with Crippen LogP contribution < -0.4 is 5.32 Å². The Kier molecular flexibility index (Phi) is 4.37. The van der Waals surface area contributed by atoms with Gasteiger partial charge in [0.25, 0.3) is 0 Å². The van der Waals surface area contributed by atoms with Crippen molar-refractivity contribution in [2.75, 3.05) is 26.2 Å². The van der Waals surface area contributed by atoms with E-state index >= 15 is 0 Å². The molecule has 7 heteroatoms.